The first-order valence-electron chi connectivity index (χ1n) is 8.96. The van der Waals surface area contributed by atoms with Crippen molar-refractivity contribution < 1.29 is 4.79 Å². The summed E-state index contributed by atoms with van der Waals surface area (Å²) in [6.45, 7) is 6.03. The summed E-state index contributed by atoms with van der Waals surface area (Å²) in [5.41, 5.74) is 2.28. The molecule has 0 fully saturated rings. The summed E-state index contributed by atoms with van der Waals surface area (Å²) in [6, 6.07) is 7.44. The lowest BCUT2D eigenvalue weighted by Crippen LogP contribution is -2.34. The van der Waals surface area contributed by atoms with Crippen LogP contribution in [0.2, 0.25) is 5.02 Å². The number of carbonyl (C=O) groups is 1. The number of hydrogen-bond donors (Lipinski definition) is 0. The topological polar surface area (TPSA) is 54.3 Å². The van der Waals surface area contributed by atoms with Gasteiger partial charge in [-0.1, -0.05) is 22.9 Å². The van der Waals surface area contributed by atoms with Crippen LogP contribution in [-0.4, -0.2) is 52.8 Å². The minimum Gasteiger partial charge on any atom is -0.309 e. The molecular weight excluding hydrogens is 417 g/mol. The number of nitrogens with zero attached hydrogens (tertiary/aromatic N) is 5. The standard InChI is InChI=1S/C19H24ClN5OS.ClH/c1-5-25-16(11-13(2)22-25)18(26)24(10-6-9-23(3)4)19-21-15-8-7-14(20)12-17(15)27-19;/h7-8,11-12H,5-6,9-10H2,1-4H3;1H. The number of carbonyl (C=O) groups excluding carboxylic acids is 1. The molecule has 1 amide bonds. The molecule has 6 nitrogen and oxygen atoms in total. The Kier molecular flexibility index (Phi) is 7.83. The summed E-state index contributed by atoms with van der Waals surface area (Å²) in [5.74, 6) is -0.0682. The zero-order valence-electron chi connectivity index (χ0n) is 16.5. The first kappa shape index (κ1) is 22.6. The Morgan fingerprint density at radius 1 is 1.25 bits per heavy atom. The molecule has 3 aromatic rings. The molecule has 152 valence electrons. The van der Waals surface area contributed by atoms with Crippen LogP contribution < -0.4 is 4.90 Å². The SMILES string of the molecule is CCn1nc(C)cc1C(=O)N(CCCN(C)C)c1nc2ccc(Cl)cc2s1.Cl. The summed E-state index contributed by atoms with van der Waals surface area (Å²) in [6.07, 6.45) is 0.856. The van der Waals surface area contributed by atoms with Crippen LogP contribution in [0.1, 0.15) is 29.5 Å². The molecular formula is C19H25Cl2N5OS. The number of amides is 1. The Morgan fingerprint density at radius 2 is 2.00 bits per heavy atom. The number of hydrogen-bond acceptors (Lipinski definition) is 5. The third-order valence-electron chi connectivity index (χ3n) is 4.22. The average Bonchev–Trinajstić information content (AvgIpc) is 3.20. The normalized spacial score (nSPS) is 11.1. The number of aromatic nitrogens is 3. The van der Waals surface area contributed by atoms with Gasteiger partial charge >= 0.3 is 0 Å². The number of thiazole rings is 1. The molecule has 0 saturated heterocycles. The second-order valence-electron chi connectivity index (χ2n) is 6.71. The van der Waals surface area contributed by atoms with E-state index in [1.54, 1.807) is 9.58 Å². The lowest BCUT2D eigenvalue weighted by Gasteiger charge is -2.21. The highest BCUT2D eigenvalue weighted by molar-refractivity contribution is 7.22. The molecule has 2 aromatic heterocycles. The fourth-order valence-electron chi connectivity index (χ4n) is 2.93. The molecule has 9 heteroatoms. The smallest absolute Gasteiger partial charge is 0.278 e. The van der Waals surface area contributed by atoms with E-state index in [-0.39, 0.29) is 18.3 Å². The maximum atomic E-state index is 13.3. The van der Waals surface area contributed by atoms with Gasteiger partial charge in [0.2, 0.25) is 0 Å². The van der Waals surface area contributed by atoms with Crippen molar-refractivity contribution >= 4 is 56.6 Å². The zero-order valence-corrected chi connectivity index (χ0v) is 18.9. The fourth-order valence-corrected chi connectivity index (χ4v) is 4.19. The van der Waals surface area contributed by atoms with E-state index in [1.165, 1.54) is 11.3 Å². The van der Waals surface area contributed by atoms with Gasteiger partial charge in [0, 0.05) is 18.1 Å². The predicted molar refractivity (Wildman–Crippen MR) is 119 cm³/mol. The van der Waals surface area contributed by atoms with Gasteiger partial charge in [-0.3, -0.25) is 14.4 Å². The third kappa shape index (κ3) is 5.03. The highest BCUT2D eigenvalue weighted by Crippen LogP contribution is 2.31. The molecule has 0 bridgehead atoms. The van der Waals surface area contributed by atoms with Gasteiger partial charge in [-0.2, -0.15) is 5.10 Å². The number of halogens is 2. The zero-order chi connectivity index (χ0) is 19.6. The van der Waals surface area contributed by atoms with Crippen molar-refractivity contribution in [2.45, 2.75) is 26.8 Å². The lowest BCUT2D eigenvalue weighted by atomic mass is 10.3. The highest BCUT2D eigenvalue weighted by Gasteiger charge is 2.24. The molecule has 28 heavy (non-hydrogen) atoms. The van der Waals surface area contributed by atoms with Crippen LogP contribution in [0.5, 0.6) is 0 Å². The molecule has 0 atom stereocenters. The number of aryl methyl sites for hydroxylation is 2. The number of anilines is 1. The van der Waals surface area contributed by atoms with Crippen molar-refractivity contribution in [3.05, 3.63) is 40.7 Å². The summed E-state index contributed by atoms with van der Waals surface area (Å²) in [5, 5.41) is 5.78. The molecule has 0 saturated carbocycles. The van der Waals surface area contributed by atoms with Gasteiger partial charge in [0.25, 0.3) is 5.91 Å². The van der Waals surface area contributed by atoms with E-state index in [4.69, 9.17) is 11.6 Å². The van der Waals surface area contributed by atoms with E-state index in [9.17, 15) is 4.79 Å². The van der Waals surface area contributed by atoms with Gasteiger partial charge in [0.15, 0.2) is 5.13 Å². The first-order chi connectivity index (χ1) is 12.9. The lowest BCUT2D eigenvalue weighted by molar-refractivity contribution is 0.0975. The van der Waals surface area contributed by atoms with Crippen molar-refractivity contribution in [3.8, 4) is 0 Å². The highest BCUT2D eigenvalue weighted by atomic mass is 35.5. The summed E-state index contributed by atoms with van der Waals surface area (Å²) >= 11 is 7.60. The monoisotopic (exact) mass is 441 g/mol. The van der Waals surface area contributed by atoms with Crippen LogP contribution in [0.3, 0.4) is 0 Å². The number of fused-ring (bicyclic) bond motifs is 1. The maximum Gasteiger partial charge on any atom is 0.278 e. The average molecular weight is 442 g/mol. The van der Waals surface area contributed by atoms with Crippen LogP contribution in [0.25, 0.3) is 10.2 Å². The number of benzene rings is 1. The Bertz CT molecular complexity index is 953. The first-order valence-corrected chi connectivity index (χ1v) is 10.2. The van der Waals surface area contributed by atoms with Gasteiger partial charge in [0.1, 0.15) is 5.69 Å². The minimum absolute atomic E-state index is 0. The van der Waals surface area contributed by atoms with E-state index in [0.717, 1.165) is 28.9 Å². The van der Waals surface area contributed by atoms with Gasteiger partial charge in [0.05, 0.1) is 15.9 Å². The third-order valence-corrected chi connectivity index (χ3v) is 5.50. The second kappa shape index (κ2) is 9.69. The van der Waals surface area contributed by atoms with Crippen molar-refractivity contribution in [1.29, 1.82) is 0 Å². The largest absolute Gasteiger partial charge is 0.309 e. The van der Waals surface area contributed by atoms with Crippen molar-refractivity contribution in [2.24, 2.45) is 0 Å². The minimum atomic E-state index is -0.0682. The summed E-state index contributed by atoms with van der Waals surface area (Å²) in [7, 11) is 4.06. The molecule has 0 spiro atoms. The van der Waals surface area contributed by atoms with Crippen LogP contribution >= 0.6 is 35.3 Å². The molecule has 0 aliphatic carbocycles. The summed E-state index contributed by atoms with van der Waals surface area (Å²) in [4.78, 5) is 21.9. The van der Waals surface area contributed by atoms with Crippen LogP contribution in [0.4, 0.5) is 5.13 Å². The molecule has 0 N–H and O–H groups in total. The fraction of sp³-hybridized carbons (Fsp3) is 0.421. The van der Waals surface area contributed by atoms with Crippen LogP contribution in [0.15, 0.2) is 24.3 Å². The maximum absolute atomic E-state index is 13.3. The molecule has 0 radical (unpaired) electrons. The van der Waals surface area contributed by atoms with Gasteiger partial charge in [-0.05, 0) is 65.2 Å². The van der Waals surface area contributed by atoms with Gasteiger partial charge in [-0.25, -0.2) is 4.98 Å². The molecule has 0 unspecified atom stereocenters. The molecule has 0 aliphatic rings. The van der Waals surface area contributed by atoms with E-state index >= 15 is 0 Å². The quantitative estimate of drug-likeness (QED) is 0.541. The Balaban J connectivity index is 0.00000280. The van der Waals surface area contributed by atoms with Crippen LogP contribution in [-0.2, 0) is 6.54 Å². The Morgan fingerprint density at radius 3 is 2.68 bits per heavy atom. The van der Waals surface area contributed by atoms with E-state index in [0.29, 0.717) is 28.9 Å². The molecule has 3 rings (SSSR count). The molecule has 1 aromatic carbocycles. The van der Waals surface area contributed by atoms with E-state index in [2.05, 4.69) is 15.0 Å². The van der Waals surface area contributed by atoms with Crippen molar-refractivity contribution in [2.75, 3.05) is 32.1 Å². The predicted octanol–water partition coefficient (Wildman–Crippen LogP) is 4.49. The van der Waals surface area contributed by atoms with Gasteiger partial charge < -0.3 is 4.90 Å². The van der Waals surface area contributed by atoms with E-state index in [1.807, 2.05) is 52.2 Å². The number of rotatable bonds is 7. The Labute approximate surface area is 180 Å². The van der Waals surface area contributed by atoms with Crippen molar-refractivity contribution in [3.63, 3.8) is 0 Å². The van der Waals surface area contributed by atoms with E-state index < -0.39 is 0 Å². The van der Waals surface area contributed by atoms with Gasteiger partial charge in [-0.15, -0.1) is 12.4 Å². The summed E-state index contributed by atoms with van der Waals surface area (Å²) < 4.78 is 2.73. The molecule has 2 heterocycles. The Hall–Kier alpha value is -1.67. The van der Waals surface area contributed by atoms with Crippen molar-refractivity contribution in [1.82, 2.24) is 19.7 Å². The van der Waals surface area contributed by atoms with Crippen LogP contribution in [0, 0.1) is 6.92 Å². The second-order valence-corrected chi connectivity index (χ2v) is 8.15. The molecule has 0 aliphatic heterocycles.